The van der Waals surface area contributed by atoms with E-state index in [0.717, 1.165) is 5.56 Å². The molecule has 0 heterocycles. The van der Waals surface area contributed by atoms with Crippen LogP contribution in [-0.2, 0) is 19.1 Å². The fraction of sp³-hybridized carbons (Fsp3) is 0.200. The van der Waals surface area contributed by atoms with Crippen molar-refractivity contribution in [3.05, 3.63) is 36.8 Å². The van der Waals surface area contributed by atoms with E-state index < -0.39 is 22.2 Å². The Morgan fingerprint density at radius 2 is 1.88 bits per heavy atom. The number of carboxylic acids is 1. The number of rotatable bonds is 4. The molecule has 0 aliphatic carbocycles. The maximum absolute atomic E-state index is 11.5. The minimum absolute atomic E-state index is 0.0898. The van der Waals surface area contributed by atoms with E-state index in [2.05, 4.69) is 11.1 Å². The minimum Gasteiger partial charge on any atom is -0.479 e. The number of hydrogen-bond acceptors (Lipinski definition) is 4. The maximum Gasteiger partial charge on any atom is 0.334 e. The first-order valence-corrected chi connectivity index (χ1v) is 5.79. The largest absolute Gasteiger partial charge is 0.479 e. The summed E-state index contributed by atoms with van der Waals surface area (Å²) in [4.78, 5) is 10.3. The third-order valence-corrected chi connectivity index (χ3v) is 3.16. The summed E-state index contributed by atoms with van der Waals surface area (Å²) in [6.45, 7) is 4.87. The van der Waals surface area contributed by atoms with Crippen LogP contribution in [0.3, 0.4) is 0 Å². The Morgan fingerprint density at radius 3 is 2.31 bits per heavy atom. The van der Waals surface area contributed by atoms with Crippen LogP contribution >= 0.6 is 0 Å². The smallest absolute Gasteiger partial charge is 0.334 e. The first kappa shape index (κ1) is 12.7. The molecule has 1 radical (unpaired) electrons. The van der Waals surface area contributed by atoms with Gasteiger partial charge < -0.3 is 5.11 Å². The highest BCUT2D eigenvalue weighted by atomic mass is 32.2. The Morgan fingerprint density at radius 1 is 1.38 bits per heavy atom. The zero-order valence-electron chi connectivity index (χ0n) is 8.58. The molecule has 0 aliphatic heterocycles. The van der Waals surface area contributed by atoms with Gasteiger partial charge in [0.25, 0.3) is 10.1 Å². The highest BCUT2D eigenvalue weighted by Crippen LogP contribution is 2.14. The van der Waals surface area contributed by atoms with E-state index in [1.807, 2.05) is 0 Å². The van der Waals surface area contributed by atoms with Crippen molar-refractivity contribution in [3.63, 3.8) is 0 Å². The van der Waals surface area contributed by atoms with Crippen LogP contribution in [0.15, 0.2) is 29.2 Å². The molecule has 0 aromatic heterocycles. The summed E-state index contributed by atoms with van der Waals surface area (Å²) in [5, 5.41) is 8.48. The van der Waals surface area contributed by atoms with Crippen LogP contribution in [0, 0.1) is 13.8 Å². The molecule has 0 bridgehead atoms. The predicted octanol–water partition coefficient (Wildman–Crippen LogP) is 0.988. The van der Waals surface area contributed by atoms with Crippen molar-refractivity contribution in [2.24, 2.45) is 0 Å². The van der Waals surface area contributed by atoms with Gasteiger partial charge in [-0.2, -0.15) is 8.42 Å². The molecule has 0 saturated heterocycles. The van der Waals surface area contributed by atoms with E-state index in [4.69, 9.17) is 5.11 Å². The Kier molecular flexibility index (Phi) is 3.66. The summed E-state index contributed by atoms with van der Waals surface area (Å²) < 4.78 is 27.5. The number of carboxylic acid groups (broad SMARTS) is 1. The maximum atomic E-state index is 11.5. The molecule has 5 nitrogen and oxygen atoms in total. The second-order valence-electron chi connectivity index (χ2n) is 3.19. The van der Waals surface area contributed by atoms with Gasteiger partial charge in [0.15, 0.2) is 6.10 Å². The normalized spacial score (nSPS) is 13.4. The van der Waals surface area contributed by atoms with Crippen molar-refractivity contribution < 1.29 is 22.5 Å². The Hall–Kier alpha value is -1.40. The quantitative estimate of drug-likeness (QED) is 0.797. The molecular formula is C10H11O5S. The molecule has 87 valence electrons. The molecule has 1 N–H and O–H groups in total. The third kappa shape index (κ3) is 3.04. The molecule has 0 amide bonds. The van der Waals surface area contributed by atoms with Crippen LogP contribution in [-0.4, -0.2) is 25.6 Å². The molecule has 1 aromatic carbocycles. The number of aryl methyl sites for hydroxylation is 1. The van der Waals surface area contributed by atoms with Crippen LogP contribution in [0.2, 0.25) is 0 Å². The van der Waals surface area contributed by atoms with Gasteiger partial charge in [-0.25, -0.2) is 4.79 Å². The third-order valence-electron chi connectivity index (χ3n) is 1.83. The van der Waals surface area contributed by atoms with Gasteiger partial charge in [0.05, 0.1) is 4.90 Å². The summed E-state index contributed by atoms with van der Waals surface area (Å²) in [6.07, 6.45) is -1.65. The van der Waals surface area contributed by atoms with E-state index in [-0.39, 0.29) is 4.90 Å². The van der Waals surface area contributed by atoms with E-state index in [1.165, 1.54) is 12.1 Å². The van der Waals surface area contributed by atoms with Gasteiger partial charge in [0.1, 0.15) is 0 Å². The molecule has 0 aliphatic rings. The number of carbonyl (C=O) groups is 1. The zero-order valence-corrected chi connectivity index (χ0v) is 9.40. The predicted molar refractivity (Wildman–Crippen MR) is 56.2 cm³/mol. The van der Waals surface area contributed by atoms with Gasteiger partial charge in [0, 0.05) is 0 Å². The molecule has 0 fully saturated rings. The molecule has 1 unspecified atom stereocenters. The second-order valence-corrected chi connectivity index (χ2v) is 4.76. The molecule has 1 atom stereocenters. The monoisotopic (exact) mass is 243 g/mol. The average Bonchev–Trinajstić information content (AvgIpc) is 2.17. The van der Waals surface area contributed by atoms with Crippen molar-refractivity contribution in [1.29, 1.82) is 0 Å². The number of hydrogen-bond donors (Lipinski definition) is 1. The van der Waals surface area contributed by atoms with Crippen LogP contribution in [0.4, 0.5) is 0 Å². The van der Waals surface area contributed by atoms with Crippen molar-refractivity contribution >= 4 is 16.1 Å². The van der Waals surface area contributed by atoms with Gasteiger partial charge in [-0.3, -0.25) is 4.18 Å². The Bertz CT molecular complexity index is 474. The molecule has 0 saturated carbocycles. The summed E-state index contributed by atoms with van der Waals surface area (Å²) in [5.74, 6) is -1.43. The molecule has 1 rings (SSSR count). The highest BCUT2D eigenvalue weighted by Gasteiger charge is 2.23. The Balaban J connectivity index is 2.94. The minimum atomic E-state index is -4.06. The van der Waals surface area contributed by atoms with Crippen molar-refractivity contribution in [1.82, 2.24) is 0 Å². The van der Waals surface area contributed by atoms with E-state index in [1.54, 1.807) is 19.1 Å². The van der Waals surface area contributed by atoms with Crippen molar-refractivity contribution in [2.45, 2.75) is 17.9 Å². The van der Waals surface area contributed by atoms with Crippen LogP contribution in [0.1, 0.15) is 5.56 Å². The number of benzene rings is 1. The molecule has 1 aromatic rings. The van der Waals surface area contributed by atoms with Gasteiger partial charge >= 0.3 is 5.97 Å². The van der Waals surface area contributed by atoms with Gasteiger partial charge in [0.2, 0.25) is 0 Å². The van der Waals surface area contributed by atoms with Crippen LogP contribution in [0.25, 0.3) is 0 Å². The highest BCUT2D eigenvalue weighted by molar-refractivity contribution is 7.86. The van der Waals surface area contributed by atoms with Gasteiger partial charge in [-0.1, -0.05) is 17.7 Å². The second kappa shape index (κ2) is 4.63. The van der Waals surface area contributed by atoms with E-state index >= 15 is 0 Å². The van der Waals surface area contributed by atoms with Gasteiger partial charge in [-0.05, 0) is 26.0 Å². The van der Waals surface area contributed by atoms with Crippen LogP contribution in [0.5, 0.6) is 0 Å². The van der Waals surface area contributed by atoms with Crippen molar-refractivity contribution in [2.75, 3.05) is 0 Å². The summed E-state index contributed by atoms with van der Waals surface area (Å²) >= 11 is 0. The SMILES string of the molecule is [CH2]C(OS(=O)(=O)c1ccc(C)cc1)C(=O)O. The lowest BCUT2D eigenvalue weighted by molar-refractivity contribution is -0.142. The summed E-state index contributed by atoms with van der Waals surface area (Å²) in [7, 11) is -4.06. The summed E-state index contributed by atoms with van der Waals surface area (Å²) in [5.41, 5.74) is 0.892. The molecule has 16 heavy (non-hydrogen) atoms. The van der Waals surface area contributed by atoms with Crippen molar-refractivity contribution in [3.8, 4) is 0 Å². The summed E-state index contributed by atoms with van der Waals surface area (Å²) in [6, 6.07) is 5.88. The zero-order chi connectivity index (χ0) is 12.3. The fourth-order valence-electron chi connectivity index (χ4n) is 0.955. The molecule has 6 heteroatoms. The number of aliphatic carboxylic acids is 1. The topological polar surface area (TPSA) is 80.7 Å². The first-order valence-electron chi connectivity index (χ1n) is 4.39. The lowest BCUT2D eigenvalue weighted by Gasteiger charge is -2.08. The lowest BCUT2D eigenvalue weighted by atomic mass is 10.2. The van der Waals surface area contributed by atoms with E-state index in [0.29, 0.717) is 0 Å². The average molecular weight is 243 g/mol. The standard InChI is InChI=1S/C10H11O5S/c1-7-3-5-9(6-4-7)16(13,14)15-8(2)10(11)12/h3-6,8H,2H2,1H3,(H,11,12). The molecule has 0 spiro atoms. The first-order chi connectivity index (χ1) is 7.33. The Labute approximate surface area is 93.8 Å². The van der Waals surface area contributed by atoms with Gasteiger partial charge in [-0.15, -0.1) is 0 Å². The fourth-order valence-corrected chi connectivity index (χ4v) is 1.92. The van der Waals surface area contributed by atoms with Crippen LogP contribution < -0.4 is 0 Å². The van der Waals surface area contributed by atoms with E-state index in [9.17, 15) is 13.2 Å². The molecular weight excluding hydrogens is 232 g/mol. The lowest BCUT2D eigenvalue weighted by Crippen LogP contribution is -2.24.